The van der Waals surface area contributed by atoms with E-state index >= 15 is 0 Å². The summed E-state index contributed by atoms with van der Waals surface area (Å²) in [6.45, 7) is 5.29. The van der Waals surface area contributed by atoms with E-state index in [1.165, 1.54) is 0 Å². The Hall–Kier alpha value is -2.32. The number of ether oxygens (including phenoxy) is 1. The van der Waals surface area contributed by atoms with Gasteiger partial charge in [-0.15, -0.1) is 0 Å². The summed E-state index contributed by atoms with van der Waals surface area (Å²) in [5.74, 6) is -2.58. The third-order valence-electron chi connectivity index (χ3n) is 9.55. The smallest absolute Gasteiger partial charge is 0.306 e. The number of carbonyl (C=O) groups is 4. The number of hydrogen-bond donors (Lipinski definition) is 3. The molecule has 8 heteroatoms. The Morgan fingerprint density at radius 3 is 2.53 bits per heavy atom. The molecule has 3 saturated carbocycles. The van der Waals surface area contributed by atoms with Gasteiger partial charge in [0.05, 0.1) is 18.9 Å². The Kier molecular flexibility index (Phi) is 6.13. The molecule has 0 saturated heterocycles. The molecule has 0 spiro atoms. The molecule has 34 heavy (non-hydrogen) atoms. The van der Waals surface area contributed by atoms with Gasteiger partial charge in [-0.25, -0.2) is 0 Å². The molecule has 3 N–H and O–H groups in total. The number of allylic oxidation sites excluding steroid dienone is 4. The Balaban J connectivity index is 1.56. The Morgan fingerprint density at radius 2 is 1.85 bits per heavy atom. The highest BCUT2D eigenvalue weighted by molar-refractivity contribution is 6.02. The lowest BCUT2D eigenvalue weighted by Gasteiger charge is -2.60. The third-order valence-corrected chi connectivity index (χ3v) is 9.55. The number of fused-ring (bicyclic) bond motifs is 5. The minimum absolute atomic E-state index is 0.00126. The van der Waals surface area contributed by atoms with Crippen LogP contribution in [0.2, 0.25) is 0 Å². The monoisotopic (exact) mass is 474 g/mol. The van der Waals surface area contributed by atoms with Crippen LogP contribution in [0.3, 0.4) is 0 Å². The van der Waals surface area contributed by atoms with Crippen molar-refractivity contribution < 1.29 is 39.2 Å². The molecule has 0 aromatic heterocycles. The highest BCUT2D eigenvalue weighted by Crippen LogP contribution is 2.68. The Morgan fingerprint density at radius 1 is 1.15 bits per heavy atom. The maximum Gasteiger partial charge on any atom is 0.306 e. The zero-order valence-corrected chi connectivity index (χ0v) is 20.0. The molecule has 0 heterocycles. The summed E-state index contributed by atoms with van der Waals surface area (Å²) in [6, 6.07) is 0. The van der Waals surface area contributed by atoms with Gasteiger partial charge < -0.3 is 20.1 Å². The van der Waals surface area contributed by atoms with Crippen LogP contribution in [-0.2, 0) is 23.9 Å². The van der Waals surface area contributed by atoms with Gasteiger partial charge in [-0.3, -0.25) is 19.2 Å². The first kappa shape index (κ1) is 24.8. The molecular weight excluding hydrogens is 440 g/mol. The maximum atomic E-state index is 13.1. The molecule has 3 fully saturated rings. The van der Waals surface area contributed by atoms with Gasteiger partial charge in [0.25, 0.3) is 0 Å². The van der Waals surface area contributed by atoms with Crippen LogP contribution < -0.4 is 0 Å². The van der Waals surface area contributed by atoms with Crippen LogP contribution >= 0.6 is 0 Å². The number of carboxylic acids is 1. The van der Waals surface area contributed by atoms with E-state index in [-0.39, 0.29) is 49.2 Å². The predicted octanol–water partition coefficient (Wildman–Crippen LogP) is 2.36. The van der Waals surface area contributed by atoms with Crippen LogP contribution in [0.1, 0.15) is 65.7 Å². The summed E-state index contributed by atoms with van der Waals surface area (Å²) in [5.41, 5.74) is -1.04. The second kappa shape index (κ2) is 8.41. The molecule has 0 unspecified atom stereocenters. The first-order chi connectivity index (χ1) is 15.8. The highest BCUT2D eigenvalue weighted by atomic mass is 16.5. The van der Waals surface area contributed by atoms with Gasteiger partial charge in [0.1, 0.15) is 5.60 Å². The summed E-state index contributed by atoms with van der Waals surface area (Å²) in [4.78, 5) is 47.7. The third kappa shape index (κ3) is 3.57. The van der Waals surface area contributed by atoms with E-state index in [4.69, 9.17) is 9.84 Å². The number of aliphatic hydroxyl groups is 2. The van der Waals surface area contributed by atoms with Crippen LogP contribution in [0.15, 0.2) is 23.3 Å². The largest absolute Gasteiger partial charge is 0.481 e. The van der Waals surface area contributed by atoms with Crippen molar-refractivity contribution in [2.24, 2.45) is 28.6 Å². The van der Waals surface area contributed by atoms with E-state index in [1.807, 2.05) is 13.8 Å². The SMILES string of the molecule is CC1=CC(=O)C=C2CC[C@@H]3[C@H]([C@H](O)C[C@@]4(C)[C@@H]3CC[C@]4(O)C(=O)COC(=O)CCC(=O)O)[C@@]12C. The van der Waals surface area contributed by atoms with E-state index in [9.17, 15) is 29.4 Å². The normalized spacial score (nSPS) is 40.9. The van der Waals surface area contributed by atoms with E-state index < -0.39 is 46.9 Å². The number of carbonyl (C=O) groups excluding carboxylic acids is 3. The second-order valence-electron chi connectivity index (χ2n) is 11.0. The lowest BCUT2D eigenvalue weighted by molar-refractivity contribution is -0.181. The lowest BCUT2D eigenvalue weighted by atomic mass is 9.45. The molecule has 8 nitrogen and oxygen atoms in total. The van der Waals surface area contributed by atoms with Gasteiger partial charge in [0.15, 0.2) is 12.4 Å². The summed E-state index contributed by atoms with van der Waals surface area (Å²) in [5, 5.41) is 31.8. The molecule has 4 rings (SSSR count). The predicted molar refractivity (Wildman–Crippen MR) is 120 cm³/mol. The topological polar surface area (TPSA) is 138 Å². The van der Waals surface area contributed by atoms with Crippen molar-refractivity contribution in [2.45, 2.75) is 77.4 Å². The van der Waals surface area contributed by atoms with Crippen LogP contribution in [0, 0.1) is 28.6 Å². The molecule has 186 valence electrons. The maximum absolute atomic E-state index is 13.1. The van der Waals surface area contributed by atoms with Crippen molar-refractivity contribution in [3.05, 3.63) is 23.3 Å². The molecule has 0 bridgehead atoms. The van der Waals surface area contributed by atoms with Gasteiger partial charge >= 0.3 is 11.9 Å². The van der Waals surface area contributed by atoms with E-state index in [2.05, 4.69) is 6.92 Å². The molecular formula is C26H34O8. The fourth-order valence-electron chi connectivity index (χ4n) is 7.69. The fourth-order valence-corrected chi connectivity index (χ4v) is 7.69. The zero-order chi connectivity index (χ0) is 25.1. The number of rotatable bonds is 6. The minimum atomic E-state index is -1.73. The number of aliphatic carboxylic acids is 1. The highest BCUT2D eigenvalue weighted by Gasteiger charge is 2.68. The van der Waals surface area contributed by atoms with Gasteiger partial charge in [0.2, 0.25) is 5.78 Å². The molecule has 0 aromatic carbocycles. The van der Waals surface area contributed by atoms with Crippen molar-refractivity contribution in [3.63, 3.8) is 0 Å². The molecule has 0 aliphatic heterocycles. The minimum Gasteiger partial charge on any atom is -0.481 e. The summed E-state index contributed by atoms with van der Waals surface area (Å²) in [7, 11) is 0. The van der Waals surface area contributed by atoms with Crippen LogP contribution in [0.25, 0.3) is 0 Å². The number of esters is 1. The van der Waals surface area contributed by atoms with Crippen LogP contribution in [-0.4, -0.2) is 57.1 Å². The van der Waals surface area contributed by atoms with Gasteiger partial charge in [-0.05, 0) is 63.0 Å². The van der Waals surface area contributed by atoms with Crippen molar-refractivity contribution in [1.29, 1.82) is 0 Å². The molecule has 4 aliphatic carbocycles. The van der Waals surface area contributed by atoms with Gasteiger partial charge in [-0.2, -0.15) is 0 Å². The van der Waals surface area contributed by atoms with E-state index in [1.54, 1.807) is 12.2 Å². The average molecular weight is 475 g/mol. The molecule has 0 amide bonds. The molecule has 0 radical (unpaired) electrons. The van der Waals surface area contributed by atoms with Crippen LogP contribution in [0.4, 0.5) is 0 Å². The number of Topliss-reactive ketones (excluding diaryl/α,β-unsaturated/α-hetero) is 1. The first-order valence-corrected chi connectivity index (χ1v) is 12.1. The van der Waals surface area contributed by atoms with Crippen molar-refractivity contribution in [1.82, 2.24) is 0 Å². The van der Waals surface area contributed by atoms with Gasteiger partial charge in [-0.1, -0.05) is 25.0 Å². The first-order valence-electron chi connectivity index (χ1n) is 12.1. The van der Waals surface area contributed by atoms with E-state index in [0.29, 0.717) is 6.42 Å². The molecule has 0 aromatic rings. The number of carboxylic acid groups (broad SMARTS) is 1. The molecule has 4 aliphatic rings. The van der Waals surface area contributed by atoms with Crippen molar-refractivity contribution in [3.8, 4) is 0 Å². The Labute approximate surface area is 199 Å². The fraction of sp³-hybridized carbons (Fsp3) is 0.692. The Bertz CT molecular complexity index is 995. The number of hydrogen-bond acceptors (Lipinski definition) is 7. The van der Waals surface area contributed by atoms with Crippen molar-refractivity contribution >= 4 is 23.5 Å². The average Bonchev–Trinajstić information content (AvgIpc) is 3.02. The summed E-state index contributed by atoms with van der Waals surface area (Å²) < 4.78 is 4.98. The summed E-state index contributed by atoms with van der Waals surface area (Å²) >= 11 is 0. The number of aliphatic hydroxyl groups excluding tert-OH is 1. The van der Waals surface area contributed by atoms with Crippen molar-refractivity contribution in [2.75, 3.05) is 6.61 Å². The standard InChI is InChI=1S/C26H34O8/c1-14-10-16(27)11-15-4-5-17-18-8-9-26(33,20(29)13-34-22(32)7-6-21(30)31)24(18,2)12-19(28)23(17)25(14,15)3/h10-11,17-19,23,28,33H,4-9,12-13H2,1-3H3,(H,30,31)/t17-,18+,19+,23+,24-,25-,26-/m0/s1. The van der Waals surface area contributed by atoms with Gasteiger partial charge in [0, 0.05) is 16.7 Å². The summed E-state index contributed by atoms with van der Waals surface area (Å²) in [6.07, 6.45) is 4.45. The number of ketones is 2. The lowest BCUT2D eigenvalue weighted by Crippen LogP contribution is -2.62. The quantitative estimate of drug-likeness (QED) is 0.499. The molecule has 7 atom stereocenters. The van der Waals surface area contributed by atoms with E-state index in [0.717, 1.165) is 24.0 Å². The zero-order valence-electron chi connectivity index (χ0n) is 20.0. The second-order valence-corrected chi connectivity index (χ2v) is 11.0. The van der Waals surface area contributed by atoms with Crippen LogP contribution in [0.5, 0.6) is 0 Å².